The van der Waals surface area contributed by atoms with E-state index >= 15 is 0 Å². The minimum Gasteiger partial charge on any atom is -0.383 e. The Morgan fingerprint density at radius 3 is 2.34 bits per heavy atom. The van der Waals surface area contributed by atoms with Gasteiger partial charge >= 0.3 is 0 Å². The van der Waals surface area contributed by atoms with Gasteiger partial charge < -0.3 is 10.6 Å². The quantitative estimate of drug-likeness (QED) is 0.206. The molecular formula is C33H39BCl2N8. The van der Waals surface area contributed by atoms with Gasteiger partial charge in [-0.3, -0.25) is 9.88 Å². The summed E-state index contributed by atoms with van der Waals surface area (Å²) in [4.78, 5) is 7.00. The third kappa shape index (κ3) is 6.83. The third-order valence-corrected chi connectivity index (χ3v) is 8.72. The number of benzene rings is 2. The molecule has 1 atom stereocenters. The highest BCUT2D eigenvalue weighted by Gasteiger charge is 2.34. The number of anilines is 2. The first-order chi connectivity index (χ1) is 20.7. The van der Waals surface area contributed by atoms with Crippen LogP contribution in [-0.4, -0.2) is 57.9 Å². The maximum Gasteiger partial charge on any atom is 0.119 e. The fraction of sp³-hybridized carbons (Fsp3) is 0.455. The number of likely N-dealkylation sites (tertiary alicyclic amines) is 1. The van der Waals surface area contributed by atoms with E-state index in [4.69, 9.17) is 31.0 Å². The SMILES string of the molecule is [B]C(Nc1cc(Cl)c2ncc(C#N)c(NCC(C)(C)C)c2c1)(c1ccc(Cl)cc1)c1cn(C2CCN(C(C)(C)C)CC2)nn1. The van der Waals surface area contributed by atoms with Crippen LogP contribution in [0, 0.1) is 16.7 Å². The maximum atomic E-state index is 9.89. The Balaban J connectivity index is 1.54. The van der Waals surface area contributed by atoms with Gasteiger partial charge in [0.1, 0.15) is 19.6 Å². The van der Waals surface area contributed by atoms with Crippen molar-refractivity contribution in [2.75, 3.05) is 30.3 Å². The summed E-state index contributed by atoms with van der Waals surface area (Å²) in [7, 11) is 7.24. The Morgan fingerprint density at radius 2 is 1.73 bits per heavy atom. The number of nitriles is 1. The largest absolute Gasteiger partial charge is 0.383 e. The number of fused-ring (bicyclic) bond motifs is 1. The van der Waals surface area contributed by atoms with Crippen LogP contribution in [0.5, 0.6) is 0 Å². The van der Waals surface area contributed by atoms with Gasteiger partial charge in [0.05, 0.1) is 39.5 Å². The smallest absolute Gasteiger partial charge is 0.119 e. The first-order valence-electron chi connectivity index (χ1n) is 14.9. The summed E-state index contributed by atoms with van der Waals surface area (Å²) in [5.74, 6) is 0. The molecule has 0 bridgehead atoms. The van der Waals surface area contributed by atoms with Crippen molar-refractivity contribution in [2.45, 2.75) is 71.4 Å². The molecule has 0 saturated carbocycles. The molecular weight excluding hydrogens is 590 g/mol. The Hall–Kier alpha value is -3.32. The predicted molar refractivity (Wildman–Crippen MR) is 181 cm³/mol. The molecule has 5 rings (SSSR count). The molecule has 2 aromatic carbocycles. The van der Waals surface area contributed by atoms with Crippen molar-refractivity contribution in [3.8, 4) is 6.07 Å². The summed E-state index contributed by atoms with van der Waals surface area (Å²) >= 11 is 13.1. The average Bonchev–Trinajstić information content (AvgIpc) is 3.46. The number of halogens is 2. The number of pyridine rings is 1. The van der Waals surface area contributed by atoms with E-state index in [2.05, 4.69) is 78.4 Å². The van der Waals surface area contributed by atoms with Crippen LogP contribution in [0.2, 0.25) is 10.0 Å². The summed E-state index contributed by atoms with van der Waals surface area (Å²) in [6.45, 7) is 15.8. The van der Waals surface area contributed by atoms with Crippen molar-refractivity contribution in [1.29, 1.82) is 5.26 Å². The standard InChI is InChI=1S/C33H39BCl2N8/c1-31(2,3)20-39-29-21(17-37)18-38-30-26(29)15-24(16-27(30)36)40-33(34,22-7-9-23(35)10-8-22)28-19-44(42-41-28)25-11-13-43(14-12-25)32(4,5)6/h7-10,15-16,18-19,25,40H,11-14,20H2,1-6H3,(H,38,39). The van der Waals surface area contributed by atoms with E-state index < -0.39 is 5.44 Å². The highest BCUT2D eigenvalue weighted by Crippen LogP contribution is 2.38. The molecule has 11 heteroatoms. The van der Waals surface area contributed by atoms with Gasteiger partial charge in [-0.2, -0.15) is 5.26 Å². The van der Waals surface area contributed by atoms with Gasteiger partial charge in [0.15, 0.2) is 0 Å². The van der Waals surface area contributed by atoms with Crippen LogP contribution in [0.15, 0.2) is 48.8 Å². The van der Waals surface area contributed by atoms with Crippen LogP contribution in [-0.2, 0) is 5.44 Å². The molecule has 1 saturated heterocycles. The van der Waals surface area contributed by atoms with E-state index in [1.165, 1.54) is 0 Å². The summed E-state index contributed by atoms with van der Waals surface area (Å²) in [6.07, 6.45) is 5.45. The summed E-state index contributed by atoms with van der Waals surface area (Å²) < 4.78 is 1.94. The second-order valence-electron chi connectivity index (χ2n) is 13.8. The Bertz CT molecular complexity index is 1680. The Labute approximate surface area is 271 Å². The molecule has 0 spiro atoms. The van der Waals surface area contributed by atoms with Crippen molar-refractivity contribution >= 4 is 53.3 Å². The molecule has 4 aromatic rings. The van der Waals surface area contributed by atoms with E-state index in [-0.39, 0.29) is 17.0 Å². The molecule has 44 heavy (non-hydrogen) atoms. The number of aromatic nitrogens is 4. The van der Waals surface area contributed by atoms with Crippen molar-refractivity contribution in [3.63, 3.8) is 0 Å². The Morgan fingerprint density at radius 1 is 1.05 bits per heavy atom. The van der Waals surface area contributed by atoms with Gasteiger partial charge in [0, 0.05) is 47.5 Å². The van der Waals surface area contributed by atoms with Crippen LogP contribution in [0.25, 0.3) is 10.9 Å². The number of nitrogens with zero attached hydrogens (tertiary/aromatic N) is 6. The molecule has 3 heterocycles. The lowest BCUT2D eigenvalue weighted by Gasteiger charge is -2.40. The zero-order valence-electron chi connectivity index (χ0n) is 26.2. The lowest BCUT2D eigenvalue weighted by atomic mass is 9.69. The van der Waals surface area contributed by atoms with Gasteiger partial charge in [-0.05, 0) is 68.9 Å². The minimum absolute atomic E-state index is 0.0157. The molecule has 228 valence electrons. The topological polar surface area (TPSA) is 94.7 Å². The molecule has 2 N–H and O–H groups in total. The normalized spacial score (nSPS) is 16.4. The summed E-state index contributed by atoms with van der Waals surface area (Å²) in [5, 5.41) is 27.7. The third-order valence-electron chi connectivity index (χ3n) is 8.18. The van der Waals surface area contributed by atoms with Crippen molar-refractivity contribution in [3.05, 3.63) is 75.7 Å². The van der Waals surface area contributed by atoms with Crippen LogP contribution in [0.3, 0.4) is 0 Å². The van der Waals surface area contributed by atoms with Gasteiger partial charge in [-0.1, -0.05) is 61.3 Å². The first-order valence-corrected chi connectivity index (χ1v) is 15.7. The van der Waals surface area contributed by atoms with E-state index in [1.807, 2.05) is 29.1 Å². The fourth-order valence-corrected chi connectivity index (χ4v) is 6.02. The van der Waals surface area contributed by atoms with Gasteiger partial charge in [0.2, 0.25) is 0 Å². The molecule has 1 aliphatic heterocycles. The van der Waals surface area contributed by atoms with E-state index in [0.29, 0.717) is 44.7 Å². The monoisotopic (exact) mass is 628 g/mol. The molecule has 1 unspecified atom stereocenters. The summed E-state index contributed by atoms with van der Waals surface area (Å²) in [5.41, 5.74) is 2.51. The van der Waals surface area contributed by atoms with Crippen LogP contribution < -0.4 is 10.6 Å². The number of rotatable bonds is 7. The second kappa shape index (κ2) is 12.2. The zero-order valence-corrected chi connectivity index (χ0v) is 27.8. The Kier molecular flexibility index (Phi) is 8.92. The maximum absolute atomic E-state index is 9.89. The minimum atomic E-state index is -1.27. The highest BCUT2D eigenvalue weighted by molar-refractivity contribution is 6.36. The molecule has 0 amide bonds. The molecule has 0 aliphatic carbocycles. The number of nitrogens with one attached hydrogen (secondary N) is 2. The van der Waals surface area contributed by atoms with Crippen molar-refractivity contribution in [1.82, 2.24) is 24.9 Å². The lowest BCUT2D eigenvalue weighted by molar-refractivity contribution is 0.0866. The fourth-order valence-electron chi connectivity index (χ4n) is 5.62. The second-order valence-corrected chi connectivity index (χ2v) is 14.7. The molecule has 2 aromatic heterocycles. The number of hydrogen-bond donors (Lipinski definition) is 2. The molecule has 8 nitrogen and oxygen atoms in total. The predicted octanol–water partition coefficient (Wildman–Crippen LogP) is 7.38. The average molecular weight is 629 g/mol. The van der Waals surface area contributed by atoms with Gasteiger partial charge in [0.25, 0.3) is 0 Å². The lowest BCUT2D eigenvalue weighted by Crippen LogP contribution is -2.46. The molecule has 1 aliphatic rings. The highest BCUT2D eigenvalue weighted by atomic mass is 35.5. The first kappa shape index (κ1) is 32.1. The molecule has 1 fully saturated rings. The van der Waals surface area contributed by atoms with Crippen molar-refractivity contribution in [2.24, 2.45) is 5.41 Å². The van der Waals surface area contributed by atoms with Gasteiger partial charge in [-0.25, -0.2) is 4.68 Å². The molecule has 2 radical (unpaired) electrons. The van der Waals surface area contributed by atoms with Crippen LogP contribution >= 0.6 is 23.2 Å². The van der Waals surface area contributed by atoms with E-state index in [9.17, 15) is 5.26 Å². The van der Waals surface area contributed by atoms with E-state index in [1.54, 1.807) is 24.4 Å². The number of piperidine rings is 1. The zero-order chi connectivity index (χ0) is 31.9. The number of hydrogen-bond acceptors (Lipinski definition) is 7. The van der Waals surface area contributed by atoms with Crippen LogP contribution in [0.1, 0.15) is 77.2 Å². The van der Waals surface area contributed by atoms with Crippen LogP contribution in [0.4, 0.5) is 11.4 Å². The van der Waals surface area contributed by atoms with Gasteiger partial charge in [-0.15, -0.1) is 5.10 Å². The van der Waals surface area contributed by atoms with E-state index in [0.717, 1.165) is 36.9 Å². The summed E-state index contributed by atoms with van der Waals surface area (Å²) in [6, 6.07) is 13.6. The van der Waals surface area contributed by atoms with Crippen molar-refractivity contribution < 1.29 is 0 Å².